The van der Waals surface area contributed by atoms with E-state index in [2.05, 4.69) is 15.3 Å². The van der Waals surface area contributed by atoms with Crippen LogP contribution in [0.2, 0.25) is 0 Å². The summed E-state index contributed by atoms with van der Waals surface area (Å²) in [4.78, 5) is 10.5. The number of anilines is 2. The molecule has 0 aliphatic carbocycles. The Balaban J connectivity index is 1.74. The lowest BCUT2D eigenvalue weighted by Crippen LogP contribution is -2.49. The number of benzene rings is 1. The van der Waals surface area contributed by atoms with Gasteiger partial charge in [-0.3, -0.25) is 0 Å². The first-order valence-electron chi connectivity index (χ1n) is 8.51. The summed E-state index contributed by atoms with van der Waals surface area (Å²) in [6.07, 6.45) is 0. The van der Waals surface area contributed by atoms with E-state index in [0.717, 1.165) is 24.2 Å². The van der Waals surface area contributed by atoms with Gasteiger partial charge < -0.3 is 10.2 Å². The molecule has 1 aromatic heterocycles. The van der Waals surface area contributed by atoms with E-state index < -0.39 is 15.8 Å². The van der Waals surface area contributed by atoms with Crippen LogP contribution in [0.25, 0.3) is 0 Å². The third-order valence-electron chi connectivity index (χ3n) is 4.20. The van der Waals surface area contributed by atoms with E-state index in [1.165, 1.54) is 22.5 Å². The molecule has 1 saturated heterocycles. The lowest BCUT2D eigenvalue weighted by molar-refractivity contribution is 0.381. The largest absolute Gasteiger partial charge is 0.370 e. The van der Waals surface area contributed by atoms with Gasteiger partial charge in [-0.1, -0.05) is 12.1 Å². The van der Waals surface area contributed by atoms with E-state index in [0.29, 0.717) is 18.9 Å². The van der Waals surface area contributed by atoms with Crippen molar-refractivity contribution < 1.29 is 12.8 Å². The average molecular weight is 379 g/mol. The molecule has 1 aliphatic heterocycles. The minimum atomic E-state index is -3.84. The summed E-state index contributed by atoms with van der Waals surface area (Å²) in [5, 5.41) is 3.16. The van der Waals surface area contributed by atoms with Crippen molar-refractivity contribution >= 4 is 21.7 Å². The molecule has 0 spiro atoms. The van der Waals surface area contributed by atoms with Crippen LogP contribution in [0.3, 0.4) is 0 Å². The molecule has 1 fully saturated rings. The maximum atomic E-state index is 13.9. The average Bonchev–Trinajstić information content (AvgIpc) is 2.62. The van der Waals surface area contributed by atoms with Crippen molar-refractivity contribution in [3.05, 3.63) is 42.0 Å². The highest BCUT2D eigenvalue weighted by molar-refractivity contribution is 7.89. The number of halogens is 1. The fourth-order valence-corrected chi connectivity index (χ4v) is 4.42. The Morgan fingerprint density at radius 2 is 1.85 bits per heavy atom. The van der Waals surface area contributed by atoms with Crippen LogP contribution in [-0.4, -0.2) is 55.4 Å². The zero-order valence-corrected chi connectivity index (χ0v) is 15.6. The smallest absolute Gasteiger partial charge is 0.246 e. The highest BCUT2D eigenvalue weighted by Gasteiger charge is 2.30. The lowest BCUT2D eigenvalue weighted by atomic mass is 10.3. The molecular weight excluding hydrogens is 357 g/mol. The molecule has 0 amide bonds. The van der Waals surface area contributed by atoms with E-state index in [4.69, 9.17) is 0 Å². The van der Waals surface area contributed by atoms with Gasteiger partial charge in [0.15, 0.2) is 0 Å². The Bertz CT molecular complexity index is 882. The summed E-state index contributed by atoms with van der Waals surface area (Å²) in [6.45, 7) is 6.08. The number of nitrogens with zero attached hydrogens (tertiary/aromatic N) is 4. The molecule has 2 heterocycles. The van der Waals surface area contributed by atoms with Gasteiger partial charge in [-0.2, -0.15) is 4.31 Å². The molecule has 1 N–H and O–H groups in total. The number of hydrogen-bond acceptors (Lipinski definition) is 6. The van der Waals surface area contributed by atoms with Gasteiger partial charge in [-0.05, 0) is 26.0 Å². The quantitative estimate of drug-likeness (QED) is 0.854. The molecule has 3 rings (SSSR count). The SMILES string of the molecule is CCNc1cc(N2CCN(S(=O)(=O)c3ccccc3F)CC2)nc(C)n1. The molecule has 1 aliphatic rings. The molecule has 0 atom stereocenters. The van der Waals surface area contributed by atoms with Gasteiger partial charge in [0.05, 0.1) is 0 Å². The van der Waals surface area contributed by atoms with E-state index >= 15 is 0 Å². The molecule has 1 aromatic carbocycles. The van der Waals surface area contributed by atoms with Crippen LogP contribution < -0.4 is 10.2 Å². The number of nitrogens with one attached hydrogen (secondary N) is 1. The van der Waals surface area contributed by atoms with Crippen LogP contribution in [0.4, 0.5) is 16.0 Å². The van der Waals surface area contributed by atoms with Crippen LogP contribution in [-0.2, 0) is 10.0 Å². The summed E-state index contributed by atoms with van der Waals surface area (Å²) >= 11 is 0. The van der Waals surface area contributed by atoms with Crippen LogP contribution in [0.5, 0.6) is 0 Å². The Morgan fingerprint density at radius 1 is 1.15 bits per heavy atom. The van der Waals surface area contributed by atoms with Crippen molar-refractivity contribution in [3.8, 4) is 0 Å². The first-order valence-corrected chi connectivity index (χ1v) is 9.95. The Kier molecular flexibility index (Phi) is 5.38. The Labute approximate surface area is 152 Å². The van der Waals surface area contributed by atoms with E-state index in [1.807, 2.05) is 24.8 Å². The first kappa shape index (κ1) is 18.5. The summed E-state index contributed by atoms with van der Waals surface area (Å²) in [7, 11) is -3.84. The van der Waals surface area contributed by atoms with Gasteiger partial charge in [0, 0.05) is 38.8 Å². The number of aryl methyl sites for hydroxylation is 1. The molecule has 140 valence electrons. The monoisotopic (exact) mass is 379 g/mol. The topological polar surface area (TPSA) is 78.4 Å². The number of aromatic nitrogens is 2. The zero-order chi connectivity index (χ0) is 18.7. The molecule has 0 bridgehead atoms. The normalized spacial score (nSPS) is 15.9. The van der Waals surface area contributed by atoms with Gasteiger partial charge in [-0.25, -0.2) is 22.8 Å². The number of hydrogen-bond donors (Lipinski definition) is 1. The van der Waals surface area contributed by atoms with Crippen molar-refractivity contribution in [3.63, 3.8) is 0 Å². The molecular formula is C17H22FN5O2S. The lowest BCUT2D eigenvalue weighted by Gasteiger charge is -2.34. The molecule has 0 radical (unpaired) electrons. The minimum absolute atomic E-state index is 0.274. The second kappa shape index (κ2) is 7.55. The van der Waals surface area contributed by atoms with Gasteiger partial charge in [0.2, 0.25) is 10.0 Å². The minimum Gasteiger partial charge on any atom is -0.370 e. The third-order valence-corrected chi connectivity index (χ3v) is 6.13. The molecule has 9 heteroatoms. The van der Waals surface area contributed by atoms with Gasteiger partial charge >= 0.3 is 0 Å². The highest BCUT2D eigenvalue weighted by Crippen LogP contribution is 2.23. The van der Waals surface area contributed by atoms with Crippen LogP contribution in [0.1, 0.15) is 12.7 Å². The maximum Gasteiger partial charge on any atom is 0.246 e. The van der Waals surface area contributed by atoms with Crippen LogP contribution >= 0.6 is 0 Å². The maximum absolute atomic E-state index is 13.9. The molecule has 26 heavy (non-hydrogen) atoms. The van der Waals surface area contributed by atoms with Gasteiger partial charge in [0.1, 0.15) is 28.2 Å². The van der Waals surface area contributed by atoms with E-state index in [-0.39, 0.29) is 18.0 Å². The third kappa shape index (κ3) is 3.78. The second-order valence-corrected chi connectivity index (χ2v) is 7.92. The predicted octanol–water partition coefficient (Wildman–Crippen LogP) is 1.87. The number of piperazine rings is 1. The Morgan fingerprint density at radius 3 is 2.50 bits per heavy atom. The fourth-order valence-electron chi connectivity index (χ4n) is 2.94. The van der Waals surface area contributed by atoms with Crippen LogP contribution in [0.15, 0.2) is 35.2 Å². The molecule has 2 aromatic rings. The molecule has 7 nitrogen and oxygen atoms in total. The molecule has 0 saturated carbocycles. The van der Waals surface area contributed by atoms with Crippen molar-refractivity contribution in [1.29, 1.82) is 0 Å². The fraction of sp³-hybridized carbons (Fsp3) is 0.412. The summed E-state index contributed by atoms with van der Waals surface area (Å²) in [5.41, 5.74) is 0. The second-order valence-electron chi connectivity index (χ2n) is 6.01. The highest BCUT2D eigenvalue weighted by atomic mass is 32.2. The Hall–Kier alpha value is -2.26. The summed E-state index contributed by atoms with van der Waals surface area (Å²) in [5.74, 6) is 1.43. The standard InChI is InChI=1S/C17H22FN5O2S/c1-3-19-16-12-17(21-13(2)20-16)22-8-10-23(11-9-22)26(24,25)15-7-5-4-6-14(15)18/h4-7,12H,3,8-11H2,1-2H3,(H,19,20,21). The van der Waals surface area contributed by atoms with Crippen molar-refractivity contribution in [2.75, 3.05) is 42.9 Å². The summed E-state index contributed by atoms with van der Waals surface area (Å²) < 4.78 is 40.6. The van der Waals surface area contributed by atoms with Gasteiger partial charge in [0.25, 0.3) is 0 Å². The summed E-state index contributed by atoms with van der Waals surface area (Å²) in [6, 6.07) is 7.32. The van der Waals surface area contributed by atoms with E-state index in [9.17, 15) is 12.8 Å². The first-order chi connectivity index (χ1) is 12.4. The van der Waals surface area contributed by atoms with Crippen molar-refractivity contribution in [2.45, 2.75) is 18.7 Å². The van der Waals surface area contributed by atoms with Crippen molar-refractivity contribution in [2.24, 2.45) is 0 Å². The number of rotatable bonds is 5. The predicted molar refractivity (Wildman–Crippen MR) is 98.3 cm³/mol. The molecule has 0 unspecified atom stereocenters. The van der Waals surface area contributed by atoms with E-state index in [1.54, 1.807) is 0 Å². The van der Waals surface area contributed by atoms with Gasteiger partial charge in [-0.15, -0.1) is 0 Å². The zero-order valence-electron chi connectivity index (χ0n) is 14.8. The van der Waals surface area contributed by atoms with Crippen molar-refractivity contribution in [1.82, 2.24) is 14.3 Å². The number of sulfonamides is 1. The van der Waals surface area contributed by atoms with Crippen LogP contribution in [0, 0.1) is 12.7 Å².